The number of rotatable bonds is 10. The number of ether oxygens (including phenoxy) is 1. The second-order valence-corrected chi connectivity index (χ2v) is 11.1. The molecule has 186 valence electrons. The molecule has 0 saturated heterocycles. The van der Waals surface area contributed by atoms with Gasteiger partial charge in [0.2, 0.25) is 11.8 Å². The number of thiophene rings is 1. The molecule has 2 heterocycles. The van der Waals surface area contributed by atoms with Crippen molar-refractivity contribution in [2.24, 2.45) is 11.8 Å². The zero-order valence-corrected chi connectivity index (χ0v) is 22.4. The van der Waals surface area contributed by atoms with Crippen LogP contribution in [-0.2, 0) is 16.0 Å². The molecule has 0 radical (unpaired) electrons. The molecule has 2 amide bonds. The van der Waals surface area contributed by atoms with E-state index >= 15 is 0 Å². The summed E-state index contributed by atoms with van der Waals surface area (Å²) in [6.07, 6.45) is 1.83. The zero-order chi connectivity index (χ0) is 24.8. The van der Waals surface area contributed by atoms with Crippen molar-refractivity contribution in [1.29, 1.82) is 0 Å². The van der Waals surface area contributed by atoms with Crippen molar-refractivity contribution in [1.82, 2.24) is 9.80 Å². The fraction of sp³-hybridized carbons (Fsp3) is 0.571. The number of hydrogen-bond acceptors (Lipinski definition) is 4. The predicted octanol–water partition coefficient (Wildman–Crippen LogP) is 5.91. The van der Waals surface area contributed by atoms with Crippen LogP contribution >= 0.6 is 11.3 Å². The van der Waals surface area contributed by atoms with Crippen LogP contribution in [0.1, 0.15) is 75.9 Å². The summed E-state index contributed by atoms with van der Waals surface area (Å²) in [6, 6.07) is 10.2. The van der Waals surface area contributed by atoms with E-state index in [0.29, 0.717) is 31.5 Å². The van der Waals surface area contributed by atoms with E-state index < -0.39 is 0 Å². The van der Waals surface area contributed by atoms with Gasteiger partial charge in [-0.15, -0.1) is 11.3 Å². The lowest BCUT2D eigenvalue weighted by Gasteiger charge is -2.37. The predicted molar refractivity (Wildman–Crippen MR) is 139 cm³/mol. The molecule has 1 aliphatic rings. The van der Waals surface area contributed by atoms with Crippen molar-refractivity contribution >= 4 is 23.2 Å². The van der Waals surface area contributed by atoms with Gasteiger partial charge in [-0.3, -0.25) is 9.59 Å². The fourth-order valence-electron chi connectivity index (χ4n) is 4.36. The van der Waals surface area contributed by atoms with E-state index in [1.54, 1.807) is 16.2 Å². The van der Waals surface area contributed by atoms with Crippen molar-refractivity contribution in [2.45, 2.75) is 66.3 Å². The highest BCUT2D eigenvalue weighted by molar-refractivity contribution is 7.10. The molecule has 3 rings (SSSR count). The second kappa shape index (κ2) is 11.9. The minimum absolute atomic E-state index is 0.00194. The molecule has 2 aromatic rings. The highest BCUT2D eigenvalue weighted by Crippen LogP contribution is 2.34. The number of benzene rings is 1. The molecule has 34 heavy (non-hydrogen) atoms. The average molecular weight is 485 g/mol. The first-order valence-electron chi connectivity index (χ1n) is 12.6. The summed E-state index contributed by atoms with van der Waals surface area (Å²) < 4.78 is 6.19. The number of carbonyl (C=O) groups is 2. The monoisotopic (exact) mass is 484 g/mol. The van der Waals surface area contributed by atoms with Crippen LogP contribution in [0.15, 0.2) is 35.7 Å². The fourth-order valence-corrected chi connectivity index (χ4v) is 5.28. The highest BCUT2D eigenvalue weighted by atomic mass is 32.1. The molecule has 0 bridgehead atoms. The minimum atomic E-state index is -0.146. The summed E-state index contributed by atoms with van der Waals surface area (Å²) in [5.74, 6) is 1.55. The summed E-state index contributed by atoms with van der Waals surface area (Å²) >= 11 is 1.75. The Balaban J connectivity index is 1.76. The van der Waals surface area contributed by atoms with Gasteiger partial charge in [0.05, 0.1) is 12.6 Å². The quantitative estimate of drug-likeness (QED) is 0.421. The van der Waals surface area contributed by atoms with Crippen LogP contribution < -0.4 is 4.74 Å². The van der Waals surface area contributed by atoms with Crippen LogP contribution in [0.5, 0.6) is 5.75 Å². The van der Waals surface area contributed by atoms with E-state index in [4.69, 9.17) is 4.74 Å². The second-order valence-electron chi connectivity index (χ2n) is 10.1. The van der Waals surface area contributed by atoms with Gasteiger partial charge in [0, 0.05) is 23.9 Å². The number of carbonyl (C=O) groups excluding carboxylic acids is 2. The van der Waals surface area contributed by atoms with Crippen LogP contribution in [-0.4, -0.2) is 47.9 Å². The van der Waals surface area contributed by atoms with Gasteiger partial charge < -0.3 is 14.5 Å². The van der Waals surface area contributed by atoms with E-state index in [2.05, 4.69) is 51.3 Å². The van der Waals surface area contributed by atoms with Crippen molar-refractivity contribution in [2.75, 3.05) is 26.2 Å². The van der Waals surface area contributed by atoms with E-state index in [1.807, 2.05) is 30.9 Å². The van der Waals surface area contributed by atoms with E-state index in [-0.39, 0.29) is 30.3 Å². The van der Waals surface area contributed by atoms with Gasteiger partial charge in [-0.25, -0.2) is 0 Å². The molecule has 1 aromatic carbocycles. The molecule has 0 unspecified atom stereocenters. The summed E-state index contributed by atoms with van der Waals surface area (Å²) in [6.45, 7) is 14.2. The first-order valence-corrected chi connectivity index (χ1v) is 13.5. The van der Waals surface area contributed by atoms with Gasteiger partial charge in [0.25, 0.3) is 0 Å². The molecule has 5 nitrogen and oxygen atoms in total. The SMILES string of the molecule is CC[C@H](C)CN(CC(=O)N1CCc2sccc2[C@@H]1COc1ccc(C(C)C)cc1)C(=O)C(C)C. The largest absolute Gasteiger partial charge is 0.491 e. The number of hydrogen-bond donors (Lipinski definition) is 0. The van der Waals surface area contributed by atoms with Crippen molar-refractivity contribution < 1.29 is 14.3 Å². The smallest absolute Gasteiger partial charge is 0.242 e. The zero-order valence-electron chi connectivity index (χ0n) is 21.5. The summed E-state index contributed by atoms with van der Waals surface area (Å²) in [4.78, 5) is 31.4. The molecule has 1 aliphatic heterocycles. The van der Waals surface area contributed by atoms with E-state index in [0.717, 1.165) is 18.6 Å². The van der Waals surface area contributed by atoms with Gasteiger partial charge in [0.1, 0.15) is 12.4 Å². The van der Waals surface area contributed by atoms with Gasteiger partial charge in [-0.05, 0) is 53.0 Å². The minimum Gasteiger partial charge on any atom is -0.491 e. The molecular formula is C28H40N2O3S. The first-order chi connectivity index (χ1) is 16.2. The Labute approximate surface area is 209 Å². The molecule has 0 saturated carbocycles. The summed E-state index contributed by atoms with van der Waals surface area (Å²) in [7, 11) is 0. The normalized spacial score (nSPS) is 16.5. The molecule has 2 atom stereocenters. The van der Waals surface area contributed by atoms with Gasteiger partial charge in [0.15, 0.2) is 0 Å². The van der Waals surface area contributed by atoms with Crippen LogP contribution in [0.25, 0.3) is 0 Å². The maximum Gasteiger partial charge on any atom is 0.242 e. The van der Waals surface area contributed by atoms with Crippen LogP contribution in [0.2, 0.25) is 0 Å². The Morgan fingerprint density at radius 3 is 2.44 bits per heavy atom. The van der Waals surface area contributed by atoms with Gasteiger partial charge in [-0.1, -0.05) is 60.1 Å². The number of amides is 2. The van der Waals surface area contributed by atoms with Gasteiger partial charge >= 0.3 is 0 Å². The summed E-state index contributed by atoms with van der Waals surface area (Å²) in [5.41, 5.74) is 2.45. The molecule has 0 N–H and O–H groups in total. The Morgan fingerprint density at radius 2 is 1.82 bits per heavy atom. The third kappa shape index (κ3) is 6.41. The van der Waals surface area contributed by atoms with Crippen LogP contribution in [0.4, 0.5) is 0 Å². The Bertz CT molecular complexity index is 951. The lowest BCUT2D eigenvalue weighted by molar-refractivity contribution is -0.144. The third-order valence-electron chi connectivity index (χ3n) is 6.73. The third-order valence-corrected chi connectivity index (χ3v) is 7.73. The van der Waals surface area contributed by atoms with Crippen molar-refractivity contribution in [3.63, 3.8) is 0 Å². The molecule has 1 aromatic heterocycles. The van der Waals surface area contributed by atoms with Crippen molar-refractivity contribution in [3.05, 3.63) is 51.7 Å². The number of nitrogens with zero attached hydrogens (tertiary/aromatic N) is 2. The van der Waals surface area contributed by atoms with Crippen LogP contribution in [0, 0.1) is 11.8 Å². The van der Waals surface area contributed by atoms with E-state index in [1.165, 1.54) is 16.0 Å². The molecule has 0 spiro atoms. The lowest BCUT2D eigenvalue weighted by Crippen LogP contribution is -2.49. The number of fused-ring (bicyclic) bond motifs is 1. The topological polar surface area (TPSA) is 49.9 Å². The first kappa shape index (κ1) is 26.3. The van der Waals surface area contributed by atoms with Crippen LogP contribution in [0.3, 0.4) is 0 Å². The van der Waals surface area contributed by atoms with Crippen molar-refractivity contribution in [3.8, 4) is 5.75 Å². The molecule has 0 aliphatic carbocycles. The molecule has 0 fully saturated rings. The van der Waals surface area contributed by atoms with E-state index in [9.17, 15) is 9.59 Å². The summed E-state index contributed by atoms with van der Waals surface area (Å²) in [5, 5.41) is 2.10. The van der Waals surface area contributed by atoms with Gasteiger partial charge in [-0.2, -0.15) is 0 Å². The maximum absolute atomic E-state index is 13.6. The molecule has 6 heteroatoms. The Morgan fingerprint density at radius 1 is 1.12 bits per heavy atom. The highest BCUT2D eigenvalue weighted by Gasteiger charge is 2.34. The standard InChI is InChI=1S/C28H40N2O3S/c1-7-21(6)16-29(28(32)20(4)5)17-27(31)30-14-12-26-24(13-15-34-26)25(30)18-33-23-10-8-22(9-11-23)19(2)3/h8-11,13,15,19-21,25H,7,12,14,16-18H2,1-6H3/t21-,25-/m0/s1. The Kier molecular flexibility index (Phi) is 9.17. The average Bonchev–Trinajstić information content (AvgIpc) is 3.30. The Hall–Kier alpha value is -2.34. The molecular weight excluding hydrogens is 444 g/mol. The lowest BCUT2D eigenvalue weighted by atomic mass is 10.00. The maximum atomic E-state index is 13.6.